The van der Waals surface area contributed by atoms with Crippen LogP contribution >= 0.6 is 0 Å². The summed E-state index contributed by atoms with van der Waals surface area (Å²) >= 11 is 2.21. The number of hydrogen-bond donors (Lipinski definition) is 0. The van der Waals surface area contributed by atoms with Crippen molar-refractivity contribution in [3.8, 4) is 0 Å². The quantitative estimate of drug-likeness (QED) is 0.523. The topological polar surface area (TPSA) is 0 Å². The molecule has 1 aliphatic carbocycles. The number of hydrogen-bond acceptors (Lipinski definition) is 0. The third-order valence-electron chi connectivity index (χ3n) is 2.21. The summed E-state index contributed by atoms with van der Waals surface area (Å²) in [5, 5.41) is 1.34. The SMILES string of the molecule is C1CCCCC1.[Li][CH2]CCC. The Kier molecular flexibility index (Phi) is 11.2. The van der Waals surface area contributed by atoms with Gasteiger partial charge in [-0.1, -0.05) is 38.5 Å². The van der Waals surface area contributed by atoms with Crippen molar-refractivity contribution in [2.45, 2.75) is 63.4 Å². The molecule has 0 aromatic rings. The van der Waals surface area contributed by atoms with Crippen molar-refractivity contribution in [1.29, 1.82) is 0 Å². The first kappa shape index (κ1) is 11.6. The van der Waals surface area contributed by atoms with E-state index in [2.05, 4.69) is 24.6 Å². The van der Waals surface area contributed by atoms with E-state index in [0.29, 0.717) is 0 Å². The van der Waals surface area contributed by atoms with Gasteiger partial charge in [-0.25, -0.2) is 0 Å². The molecule has 0 radical (unpaired) electrons. The van der Waals surface area contributed by atoms with Crippen LogP contribution in [0.25, 0.3) is 0 Å². The van der Waals surface area contributed by atoms with Crippen LogP contribution in [0, 0.1) is 0 Å². The fourth-order valence-corrected chi connectivity index (χ4v) is 1.41. The van der Waals surface area contributed by atoms with Crippen molar-refractivity contribution >= 4 is 17.7 Å². The first-order chi connectivity index (χ1) is 5.41. The average Bonchev–Trinajstić information content (AvgIpc) is 2.10. The van der Waals surface area contributed by atoms with Gasteiger partial charge in [-0.15, -0.1) is 0 Å². The normalized spacial score (nSPS) is 17.0. The van der Waals surface area contributed by atoms with Gasteiger partial charge in [-0.05, 0) is 0 Å². The van der Waals surface area contributed by atoms with E-state index in [4.69, 9.17) is 0 Å². The molecule has 0 amide bonds. The van der Waals surface area contributed by atoms with Crippen LogP contribution < -0.4 is 0 Å². The molecule has 0 aromatic heterocycles. The predicted octanol–water partition coefficient (Wildman–Crippen LogP) is 3.71. The van der Waals surface area contributed by atoms with E-state index in [1.54, 1.807) is 0 Å². The van der Waals surface area contributed by atoms with Gasteiger partial charge in [0.2, 0.25) is 0 Å². The molecule has 1 fully saturated rings. The monoisotopic (exact) mass is 148 g/mol. The van der Waals surface area contributed by atoms with Crippen molar-refractivity contribution in [3.05, 3.63) is 0 Å². The summed E-state index contributed by atoms with van der Waals surface area (Å²) < 4.78 is 0. The zero-order valence-electron chi connectivity index (χ0n) is 8.36. The zero-order valence-corrected chi connectivity index (χ0v) is 8.36. The van der Waals surface area contributed by atoms with Gasteiger partial charge in [-0.3, -0.25) is 0 Å². The van der Waals surface area contributed by atoms with Crippen LogP contribution in [0.3, 0.4) is 0 Å². The molecular weight excluding hydrogens is 127 g/mol. The van der Waals surface area contributed by atoms with Crippen molar-refractivity contribution in [1.82, 2.24) is 0 Å². The molecule has 1 heteroatoms. The summed E-state index contributed by atoms with van der Waals surface area (Å²) in [6, 6.07) is 0. The van der Waals surface area contributed by atoms with Crippen LogP contribution in [0.1, 0.15) is 58.3 Å². The Hall–Kier alpha value is 0.597. The molecule has 0 spiro atoms. The van der Waals surface area contributed by atoms with Crippen molar-refractivity contribution in [3.63, 3.8) is 0 Å². The summed E-state index contributed by atoms with van der Waals surface area (Å²) in [4.78, 5) is 0. The fraction of sp³-hybridized carbons (Fsp3) is 1.00. The van der Waals surface area contributed by atoms with E-state index < -0.39 is 0 Å². The number of unbranched alkanes of at least 4 members (excludes halogenated alkanes) is 1. The van der Waals surface area contributed by atoms with E-state index >= 15 is 0 Å². The van der Waals surface area contributed by atoms with Gasteiger partial charge >= 0.3 is 42.6 Å². The Labute approximate surface area is 81.3 Å². The molecule has 0 atom stereocenters. The van der Waals surface area contributed by atoms with Gasteiger partial charge in [-0.2, -0.15) is 0 Å². The molecule has 1 rings (SSSR count). The molecule has 62 valence electrons. The molecule has 0 unspecified atom stereocenters. The van der Waals surface area contributed by atoms with E-state index in [1.807, 2.05) is 0 Å². The third kappa shape index (κ3) is 10.6. The van der Waals surface area contributed by atoms with Gasteiger partial charge in [0.25, 0.3) is 0 Å². The Morgan fingerprint density at radius 1 is 0.909 bits per heavy atom. The Morgan fingerprint density at radius 2 is 1.27 bits per heavy atom. The van der Waals surface area contributed by atoms with Crippen molar-refractivity contribution in [2.75, 3.05) is 0 Å². The summed E-state index contributed by atoms with van der Waals surface area (Å²) in [6.45, 7) is 2.21. The van der Waals surface area contributed by atoms with Crippen LogP contribution in [0.15, 0.2) is 0 Å². The Bertz CT molecular complexity index is 44.4. The molecule has 0 saturated heterocycles. The van der Waals surface area contributed by atoms with Gasteiger partial charge in [0.15, 0.2) is 0 Å². The predicted molar refractivity (Wildman–Crippen MR) is 53.2 cm³/mol. The summed E-state index contributed by atoms with van der Waals surface area (Å²) in [5.41, 5.74) is 0. The van der Waals surface area contributed by atoms with E-state index in [-0.39, 0.29) is 0 Å². The van der Waals surface area contributed by atoms with Crippen LogP contribution in [-0.4, -0.2) is 17.7 Å². The molecule has 0 bridgehead atoms. The summed E-state index contributed by atoms with van der Waals surface area (Å²) in [6.07, 6.45) is 11.7. The fourth-order valence-electron chi connectivity index (χ4n) is 1.41. The van der Waals surface area contributed by atoms with Gasteiger partial charge < -0.3 is 0 Å². The molecule has 0 nitrogen and oxygen atoms in total. The first-order valence-electron chi connectivity index (χ1n) is 5.41. The molecule has 0 aliphatic heterocycles. The van der Waals surface area contributed by atoms with Gasteiger partial charge in [0.1, 0.15) is 0 Å². The summed E-state index contributed by atoms with van der Waals surface area (Å²) in [7, 11) is 0. The van der Waals surface area contributed by atoms with Crippen LogP contribution in [0.5, 0.6) is 0 Å². The van der Waals surface area contributed by atoms with Crippen molar-refractivity contribution < 1.29 is 0 Å². The van der Waals surface area contributed by atoms with Gasteiger partial charge in [0, 0.05) is 0 Å². The second kappa shape index (κ2) is 10.6. The molecule has 0 heterocycles. The second-order valence-corrected chi connectivity index (χ2v) is 3.47. The average molecular weight is 148 g/mol. The van der Waals surface area contributed by atoms with Crippen LogP contribution in [-0.2, 0) is 0 Å². The summed E-state index contributed by atoms with van der Waals surface area (Å²) in [5.74, 6) is 0. The van der Waals surface area contributed by atoms with E-state index in [0.717, 1.165) is 0 Å². The second-order valence-electron chi connectivity index (χ2n) is 3.47. The standard InChI is InChI=1S/C6H12.C4H9.Li/c1-2-4-6-5-3-1;1-3-4-2;/h1-6H2;1,3-4H2,2H3;. The Balaban J connectivity index is 0.000000187. The van der Waals surface area contributed by atoms with E-state index in [9.17, 15) is 0 Å². The molecule has 0 aromatic carbocycles. The molecule has 1 aliphatic rings. The van der Waals surface area contributed by atoms with Gasteiger partial charge in [0.05, 0.1) is 0 Å². The third-order valence-corrected chi connectivity index (χ3v) is 2.21. The van der Waals surface area contributed by atoms with Crippen LogP contribution in [0.4, 0.5) is 0 Å². The minimum absolute atomic E-state index is 1.34. The Morgan fingerprint density at radius 3 is 1.36 bits per heavy atom. The minimum atomic E-state index is 1.34. The molecule has 11 heavy (non-hydrogen) atoms. The van der Waals surface area contributed by atoms with Crippen LogP contribution in [0.2, 0.25) is 5.09 Å². The maximum absolute atomic E-state index is 2.21. The van der Waals surface area contributed by atoms with E-state index in [1.165, 1.54) is 56.5 Å². The molecular formula is C10H21Li. The number of rotatable bonds is 2. The zero-order chi connectivity index (χ0) is 8.36. The van der Waals surface area contributed by atoms with Crippen molar-refractivity contribution in [2.24, 2.45) is 0 Å². The molecule has 0 N–H and O–H groups in total. The maximum atomic E-state index is 2.21. The molecule has 1 saturated carbocycles. The first-order valence-corrected chi connectivity index (χ1v) is 5.41.